The van der Waals surface area contributed by atoms with Crippen LogP contribution in [-0.2, 0) is 7.05 Å². The number of rotatable bonds is 4. The van der Waals surface area contributed by atoms with Crippen LogP contribution in [0.5, 0.6) is 0 Å². The van der Waals surface area contributed by atoms with Crippen LogP contribution in [0.25, 0.3) is 0 Å². The molecule has 0 spiro atoms. The minimum Gasteiger partial charge on any atom is -0.344 e. The summed E-state index contributed by atoms with van der Waals surface area (Å²) in [7, 11) is 4.67. The highest BCUT2D eigenvalue weighted by Crippen LogP contribution is 2.26. The van der Waals surface area contributed by atoms with E-state index in [1.807, 2.05) is 0 Å². The van der Waals surface area contributed by atoms with Crippen molar-refractivity contribution in [3.05, 3.63) is 32.1 Å². The van der Waals surface area contributed by atoms with Crippen molar-refractivity contribution < 1.29 is 14.5 Å². The number of nitro groups is 1. The topological polar surface area (TPSA) is 123 Å². The molecule has 0 unspecified atom stereocenters. The SMILES string of the molecule is Cc1nc(NC(=O)c2c([N+](=O)[O-])c(C)nn2C)sc1C(=O)N(C)C. The summed E-state index contributed by atoms with van der Waals surface area (Å²) in [4.78, 5) is 40.8. The first-order chi connectivity index (χ1) is 11.1. The second kappa shape index (κ2) is 6.35. The number of hydrogen-bond donors (Lipinski definition) is 1. The first kappa shape index (κ1) is 17.5. The average Bonchev–Trinajstić information content (AvgIpc) is 2.97. The van der Waals surface area contributed by atoms with Crippen LogP contribution in [0, 0.1) is 24.0 Å². The molecule has 10 nitrogen and oxygen atoms in total. The molecule has 2 heterocycles. The largest absolute Gasteiger partial charge is 0.344 e. The van der Waals surface area contributed by atoms with Crippen LogP contribution in [0.3, 0.4) is 0 Å². The number of hydrogen-bond acceptors (Lipinski definition) is 7. The van der Waals surface area contributed by atoms with Gasteiger partial charge in [-0.25, -0.2) is 4.98 Å². The van der Waals surface area contributed by atoms with Crippen molar-refractivity contribution in [3.8, 4) is 0 Å². The number of anilines is 1. The summed E-state index contributed by atoms with van der Waals surface area (Å²) in [6.07, 6.45) is 0. The molecule has 0 saturated heterocycles. The molecule has 11 heteroatoms. The zero-order valence-corrected chi connectivity index (χ0v) is 14.6. The monoisotopic (exact) mass is 352 g/mol. The zero-order valence-electron chi connectivity index (χ0n) is 13.8. The third-order valence-corrected chi connectivity index (χ3v) is 4.27. The number of aryl methyl sites for hydroxylation is 3. The maximum absolute atomic E-state index is 12.4. The first-order valence-corrected chi connectivity index (χ1v) is 7.63. The first-order valence-electron chi connectivity index (χ1n) is 6.81. The van der Waals surface area contributed by atoms with E-state index in [4.69, 9.17) is 0 Å². The Morgan fingerprint density at radius 3 is 2.46 bits per heavy atom. The summed E-state index contributed by atoms with van der Waals surface area (Å²) in [6, 6.07) is 0. The van der Waals surface area contributed by atoms with Gasteiger partial charge in [0, 0.05) is 21.1 Å². The van der Waals surface area contributed by atoms with Crippen molar-refractivity contribution in [1.82, 2.24) is 19.7 Å². The Bertz CT molecular complexity index is 838. The highest BCUT2D eigenvalue weighted by molar-refractivity contribution is 7.17. The maximum atomic E-state index is 12.4. The summed E-state index contributed by atoms with van der Waals surface area (Å²) in [6.45, 7) is 3.11. The molecule has 1 N–H and O–H groups in total. The summed E-state index contributed by atoms with van der Waals surface area (Å²) < 4.78 is 1.15. The van der Waals surface area contributed by atoms with E-state index in [9.17, 15) is 19.7 Å². The second-order valence-electron chi connectivity index (χ2n) is 5.25. The van der Waals surface area contributed by atoms with E-state index in [0.717, 1.165) is 16.0 Å². The van der Waals surface area contributed by atoms with E-state index < -0.39 is 10.8 Å². The molecule has 0 aliphatic heterocycles. The lowest BCUT2D eigenvalue weighted by Gasteiger charge is -2.07. The highest BCUT2D eigenvalue weighted by Gasteiger charge is 2.30. The van der Waals surface area contributed by atoms with Crippen LogP contribution >= 0.6 is 11.3 Å². The molecule has 128 valence electrons. The molecule has 2 amide bonds. The third kappa shape index (κ3) is 3.11. The molecular weight excluding hydrogens is 336 g/mol. The van der Waals surface area contributed by atoms with Crippen LogP contribution in [-0.4, -0.2) is 50.5 Å². The molecule has 0 atom stereocenters. The van der Waals surface area contributed by atoms with Gasteiger partial charge in [0.25, 0.3) is 11.8 Å². The molecule has 0 aliphatic carbocycles. The Kier molecular flexibility index (Phi) is 4.64. The van der Waals surface area contributed by atoms with Gasteiger partial charge in [-0.1, -0.05) is 11.3 Å². The average molecular weight is 352 g/mol. The second-order valence-corrected chi connectivity index (χ2v) is 6.25. The Balaban J connectivity index is 2.34. The van der Waals surface area contributed by atoms with E-state index in [1.54, 1.807) is 21.0 Å². The number of thiazole rings is 1. The van der Waals surface area contributed by atoms with E-state index in [0.29, 0.717) is 10.6 Å². The molecule has 0 bridgehead atoms. The molecule has 24 heavy (non-hydrogen) atoms. The number of aromatic nitrogens is 3. The molecule has 0 aliphatic rings. The van der Waals surface area contributed by atoms with Crippen molar-refractivity contribution >= 4 is 34.0 Å². The van der Waals surface area contributed by atoms with Crippen molar-refractivity contribution in [1.29, 1.82) is 0 Å². The van der Waals surface area contributed by atoms with E-state index in [2.05, 4.69) is 15.4 Å². The Morgan fingerprint density at radius 1 is 1.29 bits per heavy atom. The van der Waals surface area contributed by atoms with Crippen LogP contribution in [0.2, 0.25) is 0 Å². The lowest BCUT2D eigenvalue weighted by Crippen LogP contribution is -2.21. The predicted molar refractivity (Wildman–Crippen MR) is 87.4 cm³/mol. The minimum absolute atomic E-state index is 0.145. The standard InChI is InChI=1S/C13H16N6O4S/c1-6-8(19(22)23)9(18(5)16-6)11(20)15-13-14-7(2)10(24-13)12(21)17(3)4/h1-5H3,(H,14,15,20). The van der Waals surface area contributed by atoms with Gasteiger partial charge in [-0.2, -0.15) is 5.10 Å². The van der Waals surface area contributed by atoms with Gasteiger partial charge in [-0.15, -0.1) is 0 Å². The van der Waals surface area contributed by atoms with Crippen LogP contribution < -0.4 is 5.32 Å². The number of nitrogens with one attached hydrogen (secondary N) is 1. The maximum Gasteiger partial charge on any atom is 0.322 e. The quantitative estimate of drug-likeness (QED) is 0.654. The van der Waals surface area contributed by atoms with Gasteiger partial charge in [0.05, 0.1) is 10.6 Å². The lowest BCUT2D eigenvalue weighted by atomic mass is 10.3. The smallest absolute Gasteiger partial charge is 0.322 e. The number of carbonyl (C=O) groups excluding carboxylic acids is 2. The molecule has 2 aromatic rings. The Hall–Kier alpha value is -2.82. The molecular formula is C13H16N6O4S. The fourth-order valence-corrected chi connectivity index (χ4v) is 3.11. The van der Waals surface area contributed by atoms with E-state index in [1.165, 1.54) is 18.9 Å². The number of nitrogens with zero attached hydrogens (tertiary/aromatic N) is 5. The van der Waals surface area contributed by atoms with Gasteiger partial charge in [-0.05, 0) is 13.8 Å². The molecule has 0 fully saturated rings. The van der Waals surface area contributed by atoms with Crippen molar-refractivity contribution in [3.63, 3.8) is 0 Å². The Morgan fingerprint density at radius 2 is 1.92 bits per heavy atom. The lowest BCUT2D eigenvalue weighted by molar-refractivity contribution is -0.385. The van der Waals surface area contributed by atoms with Crippen molar-refractivity contribution in [2.75, 3.05) is 19.4 Å². The molecule has 0 aromatic carbocycles. The molecule has 2 aromatic heterocycles. The summed E-state index contributed by atoms with van der Waals surface area (Å²) in [5.41, 5.74) is 0.0924. The normalized spacial score (nSPS) is 10.5. The van der Waals surface area contributed by atoms with Gasteiger partial charge in [0.2, 0.25) is 5.69 Å². The van der Waals surface area contributed by atoms with Crippen molar-refractivity contribution in [2.45, 2.75) is 13.8 Å². The molecule has 2 rings (SSSR count). The highest BCUT2D eigenvalue weighted by atomic mass is 32.1. The number of carbonyl (C=O) groups is 2. The van der Waals surface area contributed by atoms with Gasteiger partial charge in [-0.3, -0.25) is 29.7 Å². The predicted octanol–water partition coefficient (Wildman–Crippen LogP) is 1.36. The van der Waals surface area contributed by atoms with Gasteiger partial charge >= 0.3 is 5.69 Å². The number of amides is 2. The van der Waals surface area contributed by atoms with E-state index in [-0.39, 0.29) is 28.1 Å². The Labute approximate surface area is 141 Å². The van der Waals surface area contributed by atoms with Crippen LogP contribution in [0.1, 0.15) is 31.5 Å². The molecule has 0 radical (unpaired) electrons. The van der Waals surface area contributed by atoms with Crippen LogP contribution in [0.4, 0.5) is 10.8 Å². The van der Waals surface area contributed by atoms with Gasteiger partial charge in [0.15, 0.2) is 5.13 Å². The summed E-state index contributed by atoms with van der Waals surface area (Å²) >= 11 is 1.01. The minimum atomic E-state index is -0.706. The van der Waals surface area contributed by atoms with E-state index >= 15 is 0 Å². The summed E-state index contributed by atoms with van der Waals surface area (Å²) in [5, 5.41) is 17.7. The van der Waals surface area contributed by atoms with Gasteiger partial charge in [0.1, 0.15) is 10.6 Å². The third-order valence-electron chi connectivity index (χ3n) is 3.21. The van der Waals surface area contributed by atoms with Crippen LogP contribution in [0.15, 0.2) is 0 Å². The summed E-state index contributed by atoms with van der Waals surface area (Å²) in [5.74, 6) is -0.935. The fourth-order valence-electron chi connectivity index (χ4n) is 2.13. The van der Waals surface area contributed by atoms with Gasteiger partial charge < -0.3 is 4.90 Å². The van der Waals surface area contributed by atoms with Crippen molar-refractivity contribution in [2.24, 2.45) is 7.05 Å². The fraction of sp³-hybridized carbons (Fsp3) is 0.385. The zero-order chi connectivity index (χ0) is 18.2. The molecule has 0 saturated carbocycles.